The van der Waals surface area contributed by atoms with Gasteiger partial charge in [-0.15, -0.1) is 11.3 Å². The Morgan fingerprint density at radius 1 is 1.50 bits per heavy atom. The highest BCUT2D eigenvalue weighted by Crippen LogP contribution is 2.35. The van der Waals surface area contributed by atoms with Crippen LogP contribution in [0.15, 0.2) is 18.2 Å². The van der Waals surface area contributed by atoms with Crippen LogP contribution in [0.5, 0.6) is 0 Å². The molecular formula is C11H8ClNS. The minimum absolute atomic E-state index is 0.464. The Morgan fingerprint density at radius 3 is 3.00 bits per heavy atom. The van der Waals surface area contributed by atoms with Gasteiger partial charge < -0.3 is 0 Å². The number of hydrogen-bond donors (Lipinski definition) is 0. The zero-order chi connectivity index (χ0) is 10.1. The summed E-state index contributed by atoms with van der Waals surface area (Å²) in [4.78, 5) is 1.19. The largest absolute Gasteiger partial charge is 0.198 e. The van der Waals surface area contributed by atoms with Crippen molar-refractivity contribution < 1.29 is 0 Å². The van der Waals surface area contributed by atoms with Crippen LogP contribution < -0.4 is 0 Å². The second-order valence-electron chi connectivity index (χ2n) is 3.09. The molecule has 2 aromatic rings. The molecule has 0 atom stereocenters. The molecule has 0 amide bonds. The van der Waals surface area contributed by atoms with Gasteiger partial charge in [0.1, 0.15) is 0 Å². The van der Waals surface area contributed by atoms with Crippen LogP contribution in [0.2, 0.25) is 5.02 Å². The van der Waals surface area contributed by atoms with Gasteiger partial charge in [0.15, 0.2) is 0 Å². The van der Waals surface area contributed by atoms with Crippen LogP contribution in [0.25, 0.3) is 10.1 Å². The lowest BCUT2D eigenvalue weighted by atomic mass is 10.1. The molecule has 0 bridgehead atoms. The van der Waals surface area contributed by atoms with Crippen LogP contribution in [0.1, 0.15) is 10.4 Å². The second-order valence-corrected chi connectivity index (χ2v) is 4.72. The van der Waals surface area contributed by atoms with Gasteiger partial charge in [0.25, 0.3) is 0 Å². The van der Waals surface area contributed by atoms with Crippen LogP contribution in [0.4, 0.5) is 0 Å². The molecule has 0 aliphatic rings. The molecule has 0 N–H and O–H groups in total. The SMILES string of the molecule is Cc1sc2c(Cl)cccc2c1CC#N. The van der Waals surface area contributed by atoms with Crippen molar-refractivity contribution in [1.82, 2.24) is 0 Å². The zero-order valence-corrected chi connectivity index (χ0v) is 9.25. The molecule has 1 nitrogen and oxygen atoms in total. The summed E-state index contributed by atoms with van der Waals surface area (Å²) in [6.45, 7) is 2.04. The molecule has 0 saturated heterocycles. The van der Waals surface area contributed by atoms with Crippen molar-refractivity contribution in [2.24, 2.45) is 0 Å². The monoisotopic (exact) mass is 221 g/mol. The summed E-state index contributed by atoms with van der Waals surface area (Å²) in [7, 11) is 0. The van der Waals surface area contributed by atoms with E-state index in [1.807, 2.05) is 25.1 Å². The van der Waals surface area contributed by atoms with E-state index < -0.39 is 0 Å². The number of benzene rings is 1. The molecule has 1 aromatic heterocycles. The summed E-state index contributed by atoms with van der Waals surface area (Å²) in [5.74, 6) is 0. The van der Waals surface area contributed by atoms with Crippen LogP contribution in [-0.4, -0.2) is 0 Å². The van der Waals surface area contributed by atoms with E-state index in [1.54, 1.807) is 11.3 Å². The van der Waals surface area contributed by atoms with Crippen molar-refractivity contribution in [3.63, 3.8) is 0 Å². The molecule has 0 fully saturated rings. The lowest BCUT2D eigenvalue weighted by molar-refractivity contribution is 1.27. The van der Waals surface area contributed by atoms with Crippen molar-refractivity contribution in [3.05, 3.63) is 33.7 Å². The fourth-order valence-electron chi connectivity index (χ4n) is 1.55. The van der Waals surface area contributed by atoms with Crippen molar-refractivity contribution in [2.45, 2.75) is 13.3 Å². The highest BCUT2D eigenvalue weighted by molar-refractivity contribution is 7.19. The summed E-state index contributed by atoms with van der Waals surface area (Å²) in [5.41, 5.74) is 1.12. The Labute approximate surface area is 91.5 Å². The number of nitrogens with zero attached hydrogens (tertiary/aromatic N) is 1. The average molecular weight is 222 g/mol. The van der Waals surface area contributed by atoms with E-state index in [0.717, 1.165) is 20.7 Å². The molecule has 0 saturated carbocycles. The lowest BCUT2D eigenvalue weighted by Gasteiger charge is -1.94. The van der Waals surface area contributed by atoms with Gasteiger partial charge in [0, 0.05) is 4.88 Å². The molecule has 0 aliphatic carbocycles. The summed E-state index contributed by atoms with van der Waals surface area (Å²) in [6, 6.07) is 8.02. The van der Waals surface area contributed by atoms with Crippen molar-refractivity contribution in [1.29, 1.82) is 5.26 Å². The molecular weight excluding hydrogens is 214 g/mol. The topological polar surface area (TPSA) is 23.8 Å². The summed E-state index contributed by atoms with van der Waals surface area (Å²) in [5, 5.41) is 10.6. The van der Waals surface area contributed by atoms with Crippen LogP contribution in [-0.2, 0) is 6.42 Å². The molecule has 1 heterocycles. The fourth-order valence-corrected chi connectivity index (χ4v) is 2.92. The third kappa shape index (κ3) is 1.39. The highest BCUT2D eigenvalue weighted by Gasteiger charge is 2.10. The van der Waals surface area contributed by atoms with Gasteiger partial charge in [-0.3, -0.25) is 0 Å². The van der Waals surface area contributed by atoms with Gasteiger partial charge in [0.05, 0.1) is 22.2 Å². The number of rotatable bonds is 1. The van der Waals surface area contributed by atoms with Gasteiger partial charge in [-0.1, -0.05) is 23.7 Å². The predicted molar refractivity (Wildman–Crippen MR) is 60.9 cm³/mol. The Hall–Kier alpha value is -1.04. The molecule has 3 heteroatoms. The van der Waals surface area contributed by atoms with Crippen LogP contribution in [0, 0.1) is 18.3 Å². The van der Waals surface area contributed by atoms with Crippen molar-refractivity contribution >= 4 is 33.0 Å². The summed E-state index contributed by atoms with van der Waals surface area (Å²) in [6.07, 6.45) is 0.464. The first-order chi connectivity index (χ1) is 6.74. The Morgan fingerprint density at radius 2 is 2.29 bits per heavy atom. The minimum atomic E-state index is 0.464. The summed E-state index contributed by atoms with van der Waals surface area (Å²) >= 11 is 7.73. The number of halogens is 1. The van der Waals surface area contributed by atoms with Crippen LogP contribution >= 0.6 is 22.9 Å². The zero-order valence-electron chi connectivity index (χ0n) is 7.67. The summed E-state index contributed by atoms with van der Waals surface area (Å²) < 4.78 is 1.09. The van der Waals surface area contributed by atoms with Gasteiger partial charge >= 0.3 is 0 Å². The maximum atomic E-state index is 8.71. The molecule has 0 aliphatic heterocycles. The smallest absolute Gasteiger partial charge is 0.0670 e. The molecule has 2 rings (SSSR count). The van der Waals surface area contributed by atoms with Gasteiger partial charge in [-0.05, 0) is 23.9 Å². The number of thiophene rings is 1. The maximum Gasteiger partial charge on any atom is 0.0670 e. The third-order valence-electron chi connectivity index (χ3n) is 2.23. The van der Waals surface area contributed by atoms with Crippen LogP contribution in [0.3, 0.4) is 0 Å². The van der Waals surface area contributed by atoms with Crippen molar-refractivity contribution in [2.75, 3.05) is 0 Å². The standard InChI is InChI=1S/C11H8ClNS/c1-7-8(5-6-13)9-3-2-4-10(12)11(9)14-7/h2-4H,5H2,1H3. The Balaban J connectivity index is 2.78. The van der Waals surface area contributed by atoms with Gasteiger partial charge in [0.2, 0.25) is 0 Å². The number of aryl methyl sites for hydroxylation is 1. The first kappa shape index (κ1) is 9.51. The molecule has 70 valence electrons. The van der Waals surface area contributed by atoms with Gasteiger partial charge in [-0.25, -0.2) is 0 Å². The van der Waals surface area contributed by atoms with E-state index in [0.29, 0.717) is 6.42 Å². The number of hydrogen-bond acceptors (Lipinski definition) is 2. The van der Waals surface area contributed by atoms with E-state index in [-0.39, 0.29) is 0 Å². The van der Waals surface area contributed by atoms with Gasteiger partial charge in [-0.2, -0.15) is 5.26 Å². The second kappa shape index (κ2) is 3.61. The molecule has 1 aromatic carbocycles. The molecule has 0 unspecified atom stereocenters. The third-order valence-corrected chi connectivity index (χ3v) is 3.85. The first-order valence-corrected chi connectivity index (χ1v) is 5.47. The maximum absolute atomic E-state index is 8.71. The molecule has 14 heavy (non-hydrogen) atoms. The van der Waals surface area contributed by atoms with E-state index in [4.69, 9.17) is 16.9 Å². The van der Waals surface area contributed by atoms with E-state index >= 15 is 0 Å². The lowest BCUT2D eigenvalue weighted by Crippen LogP contribution is -1.80. The quantitative estimate of drug-likeness (QED) is 0.716. The predicted octanol–water partition coefficient (Wildman–Crippen LogP) is 3.93. The van der Waals surface area contributed by atoms with E-state index in [9.17, 15) is 0 Å². The normalized spacial score (nSPS) is 10.4. The average Bonchev–Trinajstić information content (AvgIpc) is 2.47. The van der Waals surface area contributed by atoms with E-state index in [1.165, 1.54) is 4.88 Å². The van der Waals surface area contributed by atoms with E-state index in [2.05, 4.69) is 6.07 Å². The first-order valence-electron chi connectivity index (χ1n) is 4.27. The Bertz CT molecular complexity index is 522. The van der Waals surface area contributed by atoms with Crippen molar-refractivity contribution in [3.8, 4) is 6.07 Å². The number of nitriles is 1. The fraction of sp³-hybridized carbons (Fsp3) is 0.182. The highest BCUT2D eigenvalue weighted by atomic mass is 35.5. The molecule has 0 spiro atoms. The number of fused-ring (bicyclic) bond motifs is 1. The Kier molecular flexibility index (Phi) is 2.45. The molecule has 0 radical (unpaired) electrons. The minimum Gasteiger partial charge on any atom is -0.198 e.